The molecule has 0 nitrogen and oxygen atoms in total. The van der Waals surface area contributed by atoms with Crippen LogP contribution in [0, 0.1) is 0 Å². The summed E-state index contributed by atoms with van der Waals surface area (Å²) in [5.41, 5.74) is 1.81. The fourth-order valence-electron chi connectivity index (χ4n) is 1.27. The Morgan fingerprint density at radius 3 is 3.00 bits per heavy atom. The molecule has 0 atom stereocenters. The second-order valence-electron chi connectivity index (χ2n) is 2.56. The quantitative estimate of drug-likeness (QED) is 0.620. The predicted octanol–water partition coefficient (Wildman–Crippen LogP) is 3.32. The van der Waals surface area contributed by atoms with Gasteiger partial charge in [-0.25, -0.2) is 4.39 Å². The fourth-order valence-corrected chi connectivity index (χ4v) is 1.68. The summed E-state index contributed by atoms with van der Waals surface area (Å²) in [6, 6.07) is 5.62. The first-order valence-electron chi connectivity index (χ1n) is 3.42. The van der Waals surface area contributed by atoms with Gasteiger partial charge in [0.15, 0.2) is 0 Å². The molecule has 0 N–H and O–H groups in total. The van der Waals surface area contributed by atoms with Crippen LogP contribution in [0.1, 0.15) is 11.1 Å². The van der Waals surface area contributed by atoms with Crippen LogP contribution in [0.3, 0.4) is 0 Å². The van der Waals surface area contributed by atoms with Crippen molar-refractivity contribution in [2.75, 3.05) is 0 Å². The normalized spacial score (nSPS) is 14.5. The minimum Gasteiger partial charge on any atom is -0.207 e. The Hall–Kier alpha value is -0.630. The van der Waals surface area contributed by atoms with E-state index >= 15 is 0 Å². The van der Waals surface area contributed by atoms with E-state index in [2.05, 4.69) is 15.9 Å². The molecule has 0 unspecified atom stereocenters. The summed E-state index contributed by atoms with van der Waals surface area (Å²) in [5.74, 6) is -0.0903. The van der Waals surface area contributed by atoms with Crippen molar-refractivity contribution in [3.63, 3.8) is 0 Å². The van der Waals surface area contributed by atoms with Gasteiger partial charge < -0.3 is 0 Å². The van der Waals surface area contributed by atoms with Crippen molar-refractivity contribution >= 4 is 21.8 Å². The van der Waals surface area contributed by atoms with E-state index in [1.807, 2.05) is 12.1 Å². The zero-order chi connectivity index (χ0) is 7.84. The maximum Gasteiger partial charge on any atom is 0.127 e. The van der Waals surface area contributed by atoms with Gasteiger partial charge >= 0.3 is 0 Å². The molecule has 0 aliphatic heterocycles. The van der Waals surface area contributed by atoms with E-state index in [4.69, 9.17) is 0 Å². The molecule has 0 spiro atoms. The molecule has 1 aliphatic carbocycles. The minimum atomic E-state index is -0.0903. The van der Waals surface area contributed by atoms with Gasteiger partial charge in [-0.05, 0) is 30.2 Å². The molecular formula is C9H6BrF. The molecule has 0 saturated carbocycles. The highest BCUT2D eigenvalue weighted by Crippen LogP contribution is 2.30. The van der Waals surface area contributed by atoms with Gasteiger partial charge in [-0.3, -0.25) is 0 Å². The Labute approximate surface area is 72.9 Å². The number of rotatable bonds is 0. The third-order valence-electron chi connectivity index (χ3n) is 1.83. The third-order valence-corrected chi connectivity index (χ3v) is 2.32. The summed E-state index contributed by atoms with van der Waals surface area (Å²) in [6.45, 7) is 0. The summed E-state index contributed by atoms with van der Waals surface area (Å²) < 4.78 is 13.9. The largest absolute Gasteiger partial charge is 0.207 e. The van der Waals surface area contributed by atoms with Gasteiger partial charge in [0.05, 0.1) is 0 Å². The smallest absolute Gasteiger partial charge is 0.127 e. The van der Waals surface area contributed by atoms with Crippen LogP contribution in [0.15, 0.2) is 28.7 Å². The lowest BCUT2D eigenvalue weighted by Crippen LogP contribution is -1.81. The van der Waals surface area contributed by atoms with E-state index in [1.165, 1.54) is 0 Å². The first-order chi connectivity index (χ1) is 5.27. The van der Waals surface area contributed by atoms with E-state index in [0.717, 1.165) is 22.0 Å². The first-order valence-corrected chi connectivity index (χ1v) is 4.21. The lowest BCUT2D eigenvalue weighted by Gasteiger charge is -1.98. The van der Waals surface area contributed by atoms with Gasteiger partial charge in [-0.2, -0.15) is 0 Å². The lowest BCUT2D eigenvalue weighted by atomic mass is 10.1. The van der Waals surface area contributed by atoms with Crippen molar-refractivity contribution in [1.29, 1.82) is 0 Å². The number of hydrogen-bond donors (Lipinski definition) is 0. The van der Waals surface area contributed by atoms with Crippen molar-refractivity contribution < 1.29 is 4.39 Å². The highest BCUT2D eigenvalue weighted by Gasteiger charge is 2.12. The van der Waals surface area contributed by atoms with E-state index in [9.17, 15) is 4.39 Å². The van der Waals surface area contributed by atoms with E-state index in [-0.39, 0.29) is 5.83 Å². The van der Waals surface area contributed by atoms with Gasteiger partial charge in [0.25, 0.3) is 0 Å². The zero-order valence-electron chi connectivity index (χ0n) is 5.77. The molecule has 2 heteroatoms. The van der Waals surface area contributed by atoms with Crippen LogP contribution >= 0.6 is 15.9 Å². The van der Waals surface area contributed by atoms with Gasteiger partial charge in [0, 0.05) is 10.0 Å². The third kappa shape index (κ3) is 1.11. The Morgan fingerprint density at radius 1 is 1.36 bits per heavy atom. The topological polar surface area (TPSA) is 0 Å². The van der Waals surface area contributed by atoms with E-state index in [1.54, 1.807) is 12.1 Å². The molecule has 2 rings (SSSR count). The molecule has 0 heterocycles. The van der Waals surface area contributed by atoms with Gasteiger partial charge in [-0.1, -0.05) is 22.0 Å². The summed E-state index contributed by atoms with van der Waals surface area (Å²) in [6.07, 6.45) is 2.33. The Bertz CT molecular complexity index is 328. The fraction of sp³-hybridized carbons (Fsp3) is 0.111. The van der Waals surface area contributed by atoms with Crippen molar-refractivity contribution in [3.05, 3.63) is 39.9 Å². The molecule has 0 radical (unpaired) electrons. The van der Waals surface area contributed by atoms with Crippen LogP contribution in [0.5, 0.6) is 0 Å². The van der Waals surface area contributed by atoms with Crippen molar-refractivity contribution in [2.45, 2.75) is 6.42 Å². The van der Waals surface area contributed by atoms with E-state index in [0.29, 0.717) is 0 Å². The molecule has 1 aromatic rings. The van der Waals surface area contributed by atoms with E-state index < -0.39 is 0 Å². The number of allylic oxidation sites excluding steroid dienone is 1. The summed E-state index contributed by atoms with van der Waals surface area (Å²) in [4.78, 5) is 0. The predicted molar refractivity (Wildman–Crippen MR) is 46.9 cm³/mol. The average molecular weight is 213 g/mol. The highest BCUT2D eigenvalue weighted by molar-refractivity contribution is 9.10. The molecule has 11 heavy (non-hydrogen) atoms. The SMILES string of the molecule is FC1=CCc2cc(Br)ccc21. The molecule has 0 amide bonds. The van der Waals surface area contributed by atoms with Crippen LogP contribution in [0.25, 0.3) is 5.83 Å². The Balaban J connectivity index is 2.58. The van der Waals surface area contributed by atoms with Crippen LogP contribution in [0.4, 0.5) is 4.39 Å². The summed E-state index contributed by atoms with van der Waals surface area (Å²) in [7, 11) is 0. The molecule has 0 bridgehead atoms. The standard InChI is InChI=1S/C9H6BrF/c10-7-2-3-8-6(5-7)1-4-9(8)11/h2-5H,1H2. The number of hydrogen-bond acceptors (Lipinski definition) is 0. The molecule has 1 aliphatic rings. The maximum absolute atomic E-state index is 12.9. The number of fused-ring (bicyclic) bond motifs is 1. The molecule has 0 fully saturated rings. The van der Waals surface area contributed by atoms with Crippen LogP contribution in [-0.2, 0) is 6.42 Å². The minimum absolute atomic E-state index is 0.0903. The molecule has 0 aromatic heterocycles. The summed E-state index contributed by atoms with van der Waals surface area (Å²) >= 11 is 3.34. The molecule has 0 saturated heterocycles. The Morgan fingerprint density at radius 2 is 2.18 bits per heavy atom. The molecule has 1 aromatic carbocycles. The van der Waals surface area contributed by atoms with Crippen LogP contribution in [-0.4, -0.2) is 0 Å². The second-order valence-corrected chi connectivity index (χ2v) is 3.47. The van der Waals surface area contributed by atoms with Gasteiger partial charge in [0.1, 0.15) is 5.83 Å². The van der Waals surface area contributed by atoms with Crippen LogP contribution in [0.2, 0.25) is 0 Å². The molecular weight excluding hydrogens is 207 g/mol. The van der Waals surface area contributed by atoms with Gasteiger partial charge in [-0.15, -0.1) is 0 Å². The molecule has 56 valence electrons. The van der Waals surface area contributed by atoms with Gasteiger partial charge in [0.2, 0.25) is 0 Å². The average Bonchev–Trinajstić information content (AvgIpc) is 2.32. The second kappa shape index (κ2) is 2.45. The van der Waals surface area contributed by atoms with Crippen LogP contribution < -0.4 is 0 Å². The maximum atomic E-state index is 12.9. The zero-order valence-corrected chi connectivity index (χ0v) is 7.36. The lowest BCUT2D eigenvalue weighted by molar-refractivity contribution is 0.762. The monoisotopic (exact) mass is 212 g/mol. The van der Waals surface area contributed by atoms with Crippen molar-refractivity contribution in [1.82, 2.24) is 0 Å². The Kier molecular flexibility index (Phi) is 1.57. The summed E-state index contributed by atoms with van der Waals surface area (Å²) in [5, 5.41) is 0. The number of halogens is 2. The number of benzene rings is 1. The highest BCUT2D eigenvalue weighted by atomic mass is 79.9. The van der Waals surface area contributed by atoms with Crippen molar-refractivity contribution in [2.24, 2.45) is 0 Å². The first kappa shape index (κ1) is 7.04. The van der Waals surface area contributed by atoms with Crippen molar-refractivity contribution in [3.8, 4) is 0 Å².